The van der Waals surface area contributed by atoms with Crippen molar-refractivity contribution in [3.63, 3.8) is 0 Å². The van der Waals surface area contributed by atoms with Crippen molar-refractivity contribution in [1.82, 2.24) is 4.98 Å². The van der Waals surface area contributed by atoms with Crippen LogP contribution < -0.4 is 5.32 Å². The number of aryl methyl sites for hydroxylation is 1. The molecule has 0 aliphatic rings. The molecule has 106 valence electrons. The maximum atomic E-state index is 10.7. The van der Waals surface area contributed by atoms with E-state index in [0.29, 0.717) is 6.42 Å². The SMILES string of the molecule is Cc1cc2ccccc2nc1NC(C)(C)CCC(=O)O. The summed E-state index contributed by atoms with van der Waals surface area (Å²) in [5, 5.41) is 13.3. The summed E-state index contributed by atoms with van der Waals surface area (Å²) >= 11 is 0. The number of nitrogens with zero attached hydrogens (tertiary/aromatic N) is 1. The number of anilines is 1. The Morgan fingerprint density at radius 2 is 2.05 bits per heavy atom. The molecule has 2 rings (SSSR count). The van der Waals surface area contributed by atoms with Gasteiger partial charge in [0.2, 0.25) is 0 Å². The maximum Gasteiger partial charge on any atom is 0.303 e. The highest BCUT2D eigenvalue weighted by atomic mass is 16.4. The fourth-order valence-corrected chi connectivity index (χ4v) is 2.15. The van der Waals surface area contributed by atoms with Crippen molar-refractivity contribution in [2.45, 2.75) is 39.2 Å². The lowest BCUT2D eigenvalue weighted by atomic mass is 9.98. The molecule has 2 aromatic rings. The number of aliphatic carboxylic acids is 1. The van der Waals surface area contributed by atoms with Gasteiger partial charge in [-0.2, -0.15) is 0 Å². The Morgan fingerprint density at radius 3 is 2.75 bits per heavy atom. The molecule has 0 bridgehead atoms. The molecule has 0 saturated heterocycles. The molecule has 0 saturated carbocycles. The zero-order chi connectivity index (χ0) is 14.8. The van der Waals surface area contributed by atoms with E-state index in [0.717, 1.165) is 22.3 Å². The molecule has 0 radical (unpaired) electrons. The van der Waals surface area contributed by atoms with Gasteiger partial charge in [0.15, 0.2) is 0 Å². The summed E-state index contributed by atoms with van der Waals surface area (Å²) < 4.78 is 0. The Kier molecular flexibility index (Phi) is 3.93. The van der Waals surface area contributed by atoms with E-state index in [2.05, 4.69) is 16.4 Å². The van der Waals surface area contributed by atoms with Crippen LogP contribution in [0.25, 0.3) is 10.9 Å². The summed E-state index contributed by atoms with van der Waals surface area (Å²) in [6, 6.07) is 10.1. The van der Waals surface area contributed by atoms with Gasteiger partial charge >= 0.3 is 5.97 Å². The smallest absolute Gasteiger partial charge is 0.303 e. The van der Waals surface area contributed by atoms with Crippen molar-refractivity contribution in [2.24, 2.45) is 0 Å². The molecular formula is C16H20N2O2. The molecule has 0 spiro atoms. The number of hydrogen-bond acceptors (Lipinski definition) is 3. The van der Waals surface area contributed by atoms with E-state index in [4.69, 9.17) is 5.11 Å². The van der Waals surface area contributed by atoms with Crippen LogP contribution in [0.5, 0.6) is 0 Å². The normalized spacial score (nSPS) is 11.6. The minimum absolute atomic E-state index is 0.145. The third-order valence-electron chi connectivity index (χ3n) is 3.34. The first-order chi connectivity index (χ1) is 9.37. The molecular weight excluding hydrogens is 252 g/mol. The van der Waals surface area contributed by atoms with Gasteiger partial charge in [-0.25, -0.2) is 4.98 Å². The Balaban J connectivity index is 2.24. The molecule has 1 heterocycles. The van der Waals surface area contributed by atoms with Crippen LogP contribution in [0.3, 0.4) is 0 Å². The standard InChI is InChI=1S/C16H20N2O2/c1-11-10-12-6-4-5-7-13(12)17-15(11)18-16(2,3)9-8-14(19)20/h4-7,10H,8-9H2,1-3H3,(H,17,18)(H,19,20). The lowest BCUT2D eigenvalue weighted by molar-refractivity contribution is -0.137. The number of fused-ring (bicyclic) bond motifs is 1. The molecule has 1 aromatic heterocycles. The van der Waals surface area contributed by atoms with Crippen LogP contribution in [-0.2, 0) is 4.79 Å². The van der Waals surface area contributed by atoms with Crippen LogP contribution >= 0.6 is 0 Å². The van der Waals surface area contributed by atoms with E-state index < -0.39 is 5.97 Å². The monoisotopic (exact) mass is 272 g/mol. The Bertz CT molecular complexity index is 635. The summed E-state index contributed by atoms with van der Waals surface area (Å²) in [5.41, 5.74) is 1.69. The topological polar surface area (TPSA) is 62.2 Å². The van der Waals surface area contributed by atoms with E-state index in [-0.39, 0.29) is 12.0 Å². The minimum Gasteiger partial charge on any atom is -0.481 e. The van der Waals surface area contributed by atoms with E-state index in [1.807, 2.05) is 45.0 Å². The third-order valence-corrected chi connectivity index (χ3v) is 3.34. The van der Waals surface area contributed by atoms with Crippen LogP contribution in [-0.4, -0.2) is 21.6 Å². The van der Waals surface area contributed by atoms with Crippen LogP contribution in [0.1, 0.15) is 32.3 Å². The highest BCUT2D eigenvalue weighted by molar-refractivity contribution is 5.81. The predicted molar refractivity (Wildman–Crippen MR) is 81.1 cm³/mol. The van der Waals surface area contributed by atoms with Gasteiger partial charge in [-0.3, -0.25) is 4.79 Å². The highest BCUT2D eigenvalue weighted by Gasteiger charge is 2.20. The number of nitrogens with one attached hydrogen (secondary N) is 1. The third kappa shape index (κ3) is 3.47. The molecule has 2 N–H and O–H groups in total. The van der Waals surface area contributed by atoms with Crippen molar-refractivity contribution in [3.05, 3.63) is 35.9 Å². The lowest BCUT2D eigenvalue weighted by Crippen LogP contribution is -2.32. The van der Waals surface area contributed by atoms with Crippen LogP contribution in [0.2, 0.25) is 0 Å². The number of aromatic nitrogens is 1. The summed E-state index contributed by atoms with van der Waals surface area (Å²) in [4.78, 5) is 15.3. The second-order valence-corrected chi connectivity index (χ2v) is 5.75. The van der Waals surface area contributed by atoms with E-state index in [1.165, 1.54) is 0 Å². The summed E-state index contributed by atoms with van der Waals surface area (Å²) in [6.45, 7) is 5.99. The van der Waals surface area contributed by atoms with Gasteiger partial charge in [-0.05, 0) is 44.9 Å². The molecule has 0 amide bonds. The van der Waals surface area contributed by atoms with E-state index >= 15 is 0 Å². The van der Waals surface area contributed by atoms with Gasteiger partial charge in [-0.1, -0.05) is 18.2 Å². The van der Waals surface area contributed by atoms with Crippen molar-refractivity contribution in [2.75, 3.05) is 5.32 Å². The summed E-state index contributed by atoms with van der Waals surface area (Å²) in [7, 11) is 0. The van der Waals surface area contributed by atoms with Gasteiger partial charge in [0.1, 0.15) is 5.82 Å². The zero-order valence-electron chi connectivity index (χ0n) is 12.1. The van der Waals surface area contributed by atoms with Crippen molar-refractivity contribution < 1.29 is 9.90 Å². The molecule has 1 aromatic carbocycles. The Hall–Kier alpha value is -2.10. The number of carboxylic acid groups (broad SMARTS) is 1. The number of carboxylic acids is 1. The Morgan fingerprint density at radius 1 is 1.35 bits per heavy atom. The first kappa shape index (κ1) is 14.3. The van der Waals surface area contributed by atoms with Gasteiger partial charge in [-0.15, -0.1) is 0 Å². The molecule has 20 heavy (non-hydrogen) atoms. The molecule has 0 unspecified atom stereocenters. The summed E-state index contributed by atoms with van der Waals surface area (Å²) in [5.74, 6) is 0.0437. The van der Waals surface area contributed by atoms with Gasteiger partial charge in [0, 0.05) is 17.3 Å². The molecule has 0 aliphatic heterocycles. The largest absolute Gasteiger partial charge is 0.481 e. The summed E-state index contributed by atoms with van der Waals surface area (Å²) in [6.07, 6.45) is 0.697. The van der Waals surface area contributed by atoms with Gasteiger partial charge in [0.25, 0.3) is 0 Å². The van der Waals surface area contributed by atoms with Crippen LogP contribution in [0.15, 0.2) is 30.3 Å². The van der Waals surface area contributed by atoms with Crippen molar-refractivity contribution in [3.8, 4) is 0 Å². The maximum absolute atomic E-state index is 10.7. The molecule has 0 fully saturated rings. The number of hydrogen-bond donors (Lipinski definition) is 2. The Labute approximate surface area is 118 Å². The fraction of sp³-hybridized carbons (Fsp3) is 0.375. The van der Waals surface area contributed by atoms with E-state index in [9.17, 15) is 4.79 Å². The number of para-hydroxylation sites is 1. The van der Waals surface area contributed by atoms with Crippen molar-refractivity contribution in [1.29, 1.82) is 0 Å². The average molecular weight is 272 g/mol. The van der Waals surface area contributed by atoms with E-state index in [1.54, 1.807) is 0 Å². The second-order valence-electron chi connectivity index (χ2n) is 5.75. The predicted octanol–water partition coefficient (Wildman–Crippen LogP) is 3.60. The minimum atomic E-state index is -0.775. The number of benzene rings is 1. The van der Waals surface area contributed by atoms with Crippen molar-refractivity contribution >= 4 is 22.7 Å². The first-order valence-electron chi connectivity index (χ1n) is 6.74. The fourth-order valence-electron chi connectivity index (χ4n) is 2.15. The quantitative estimate of drug-likeness (QED) is 0.873. The zero-order valence-corrected chi connectivity index (χ0v) is 12.1. The number of pyridine rings is 1. The number of rotatable bonds is 5. The first-order valence-corrected chi connectivity index (χ1v) is 6.74. The second kappa shape index (κ2) is 5.49. The molecule has 4 nitrogen and oxygen atoms in total. The molecule has 0 aliphatic carbocycles. The lowest BCUT2D eigenvalue weighted by Gasteiger charge is -2.27. The van der Waals surface area contributed by atoms with Gasteiger partial charge in [0.05, 0.1) is 5.52 Å². The molecule has 4 heteroatoms. The van der Waals surface area contributed by atoms with Gasteiger partial charge < -0.3 is 10.4 Å². The average Bonchev–Trinajstić information content (AvgIpc) is 2.37. The number of carbonyl (C=O) groups is 1. The highest BCUT2D eigenvalue weighted by Crippen LogP contribution is 2.24. The van der Waals surface area contributed by atoms with Crippen LogP contribution in [0, 0.1) is 6.92 Å². The molecule has 0 atom stereocenters. The van der Waals surface area contributed by atoms with Crippen LogP contribution in [0.4, 0.5) is 5.82 Å².